The average molecular weight is 371 g/mol. The highest BCUT2D eigenvalue weighted by molar-refractivity contribution is 5.89. The summed E-state index contributed by atoms with van der Waals surface area (Å²) in [7, 11) is 0. The maximum absolute atomic E-state index is 12.2. The molecule has 2 amide bonds. The van der Waals surface area contributed by atoms with E-state index in [4.69, 9.17) is 0 Å². The number of amides is 2. The molecule has 1 unspecified atom stereocenters. The second-order valence-electron chi connectivity index (χ2n) is 7.21. The van der Waals surface area contributed by atoms with Crippen LogP contribution in [0, 0.1) is 5.92 Å². The Balaban J connectivity index is 1.25. The van der Waals surface area contributed by atoms with Crippen LogP contribution in [0.15, 0.2) is 84.9 Å². The van der Waals surface area contributed by atoms with Crippen molar-refractivity contribution < 1.29 is 4.79 Å². The molecule has 1 heterocycles. The second-order valence-corrected chi connectivity index (χ2v) is 7.21. The lowest BCUT2D eigenvalue weighted by atomic mass is 10.1. The number of nitrogens with zero attached hydrogens (tertiary/aromatic N) is 1. The quantitative estimate of drug-likeness (QED) is 0.663. The lowest BCUT2D eigenvalue weighted by Crippen LogP contribution is -2.34. The van der Waals surface area contributed by atoms with Crippen molar-refractivity contribution in [1.82, 2.24) is 5.32 Å². The van der Waals surface area contributed by atoms with Gasteiger partial charge in [0.1, 0.15) is 0 Å². The maximum atomic E-state index is 12.2. The molecule has 142 valence electrons. The number of carbonyl (C=O) groups excluding carboxylic acids is 1. The standard InChI is InChI=1S/C24H25N3O/c28-24(25-17-19-15-16-27(18-19)23-9-5-2-6-10-23)26-22-13-11-21(12-14-22)20-7-3-1-4-8-20/h1-14,19H,15-18H2,(H2,25,26,28). The highest BCUT2D eigenvalue weighted by Crippen LogP contribution is 2.23. The van der Waals surface area contributed by atoms with Crippen molar-refractivity contribution >= 4 is 17.4 Å². The molecule has 1 aliphatic rings. The van der Waals surface area contributed by atoms with E-state index in [1.54, 1.807) is 0 Å². The van der Waals surface area contributed by atoms with Crippen LogP contribution in [0.2, 0.25) is 0 Å². The molecular weight excluding hydrogens is 346 g/mol. The normalized spacial score (nSPS) is 16.0. The van der Waals surface area contributed by atoms with Crippen LogP contribution < -0.4 is 15.5 Å². The smallest absolute Gasteiger partial charge is 0.319 e. The van der Waals surface area contributed by atoms with E-state index >= 15 is 0 Å². The molecule has 1 saturated heterocycles. The fourth-order valence-electron chi connectivity index (χ4n) is 3.66. The van der Waals surface area contributed by atoms with E-state index in [9.17, 15) is 4.79 Å². The summed E-state index contributed by atoms with van der Waals surface area (Å²) in [6, 6.07) is 28.5. The molecule has 2 N–H and O–H groups in total. The summed E-state index contributed by atoms with van der Waals surface area (Å²) >= 11 is 0. The van der Waals surface area contributed by atoms with E-state index in [1.165, 1.54) is 11.3 Å². The monoisotopic (exact) mass is 371 g/mol. The Morgan fingerprint density at radius 2 is 1.50 bits per heavy atom. The Hall–Kier alpha value is -3.27. The molecule has 1 atom stereocenters. The fourth-order valence-corrected chi connectivity index (χ4v) is 3.66. The van der Waals surface area contributed by atoms with Gasteiger partial charge in [-0.15, -0.1) is 0 Å². The van der Waals surface area contributed by atoms with Gasteiger partial charge in [0, 0.05) is 31.0 Å². The van der Waals surface area contributed by atoms with Gasteiger partial charge in [0.05, 0.1) is 0 Å². The van der Waals surface area contributed by atoms with E-state index in [0.717, 1.165) is 30.8 Å². The first-order chi connectivity index (χ1) is 13.8. The number of hydrogen-bond acceptors (Lipinski definition) is 2. The van der Waals surface area contributed by atoms with Crippen LogP contribution in [0.4, 0.5) is 16.2 Å². The van der Waals surface area contributed by atoms with Crippen LogP contribution >= 0.6 is 0 Å². The van der Waals surface area contributed by atoms with Crippen LogP contribution in [0.1, 0.15) is 6.42 Å². The predicted octanol–water partition coefficient (Wildman–Crippen LogP) is 5.00. The van der Waals surface area contributed by atoms with Gasteiger partial charge in [-0.25, -0.2) is 4.79 Å². The minimum absolute atomic E-state index is 0.148. The SMILES string of the molecule is O=C(NCC1CCN(c2ccccc2)C1)Nc1ccc(-c2ccccc2)cc1. The first-order valence-electron chi connectivity index (χ1n) is 9.78. The molecule has 4 rings (SSSR count). The third-order valence-corrected chi connectivity index (χ3v) is 5.21. The van der Waals surface area contributed by atoms with Gasteiger partial charge in [-0.05, 0) is 47.7 Å². The topological polar surface area (TPSA) is 44.4 Å². The number of hydrogen-bond donors (Lipinski definition) is 2. The fraction of sp³-hybridized carbons (Fsp3) is 0.208. The first-order valence-corrected chi connectivity index (χ1v) is 9.78. The molecule has 0 bridgehead atoms. The second kappa shape index (κ2) is 8.61. The number of carbonyl (C=O) groups is 1. The Morgan fingerprint density at radius 1 is 0.857 bits per heavy atom. The molecule has 0 radical (unpaired) electrons. The van der Waals surface area contributed by atoms with Crippen molar-refractivity contribution in [2.24, 2.45) is 5.92 Å². The minimum Gasteiger partial charge on any atom is -0.371 e. The van der Waals surface area contributed by atoms with E-state index < -0.39 is 0 Å². The maximum Gasteiger partial charge on any atom is 0.319 e. The van der Waals surface area contributed by atoms with Crippen LogP contribution in [0.5, 0.6) is 0 Å². The number of para-hydroxylation sites is 1. The molecule has 0 saturated carbocycles. The van der Waals surface area contributed by atoms with Gasteiger partial charge < -0.3 is 15.5 Å². The predicted molar refractivity (Wildman–Crippen MR) is 116 cm³/mol. The number of rotatable bonds is 5. The zero-order valence-corrected chi connectivity index (χ0v) is 15.8. The van der Waals surface area contributed by atoms with E-state index in [0.29, 0.717) is 12.5 Å². The zero-order valence-electron chi connectivity index (χ0n) is 15.8. The largest absolute Gasteiger partial charge is 0.371 e. The lowest BCUT2D eigenvalue weighted by molar-refractivity contribution is 0.250. The number of urea groups is 1. The van der Waals surface area contributed by atoms with E-state index in [1.807, 2.05) is 48.5 Å². The molecule has 4 nitrogen and oxygen atoms in total. The summed E-state index contributed by atoms with van der Waals surface area (Å²) in [6.45, 7) is 2.71. The molecule has 28 heavy (non-hydrogen) atoms. The third-order valence-electron chi connectivity index (χ3n) is 5.21. The first kappa shape index (κ1) is 18.1. The van der Waals surface area contributed by atoms with Crippen molar-refractivity contribution in [1.29, 1.82) is 0 Å². The van der Waals surface area contributed by atoms with Gasteiger partial charge in [-0.1, -0.05) is 60.7 Å². The van der Waals surface area contributed by atoms with Gasteiger partial charge in [0.15, 0.2) is 0 Å². The Morgan fingerprint density at radius 3 is 2.21 bits per heavy atom. The van der Waals surface area contributed by atoms with Crippen LogP contribution in [0.3, 0.4) is 0 Å². The Bertz CT molecular complexity index is 894. The number of anilines is 2. The van der Waals surface area contributed by atoms with Crippen molar-refractivity contribution in [2.45, 2.75) is 6.42 Å². The molecule has 4 heteroatoms. The lowest BCUT2D eigenvalue weighted by Gasteiger charge is -2.18. The summed E-state index contributed by atoms with van der Waals surface area (Å²) in [4.78, 5) is 14.6. The minimum atomic E-state index is -0.148. The zero-order chi connectivity index (χ0) is 19.2. The molecule has 1 aliphatic heterocycles. The van der Waals surface area contributed by atoms with Crippen LogP contribution in [-0.2, 0) is 0 Å². The van der Waals surface area contributed by atoms with Crippen molar-refractivity contribution in [3.63, 3.8) is 0 Å². The number of benzene rings is 3. The van der Waals surface area contributed by atoms with Gasteiger partial charge in [0.2, 0.25) is 0 Å². The Kier molecular flexibility index (Phi) is 5.57. The molecule has 0 spiro atoms. The highest BCUT2D eigenvalue weighted by atomic mass is 16.2. The van der Waals surface area contributed by atoms with Crippen molar-refractivity contribution in [3.8, 4) is 11.1 Å². The van der Waals surface area contributed by atoms with Crippen LogP contribution in [0.25, 0.3) is 11.1 Å². The summed E-state index contributed by atoms with van der Waals surface area (Å²) in [6.07, 6.45) is 1.10. The molecule has 0 aromatic heterocycles. The van der Waals surface area contributed by atoms with Gasteiger partial charge >= 0.3 is 6.03 Å². The summed E-state index contributed by atoms with van der Waals surface area (Å²) in [5.74, 6) is 0.478. The van der Waals surface area contributed by atoms with E-state index in [-0.39, 0.29) is 6.03 Å². The van der Waals surface area contributed by atoms with Crippen LogP contribution in [-0.4, -0.2) is 25.7 Å². The average Bonchev–Trinajstić information content (AvgIpc) is 3.23. The van der Waals surface area contributed by atoms with Crippen molar-refractivity contribution in [2.75, 3.05) is 29.9 Å². The molecule has 0 aliphatic carbocycles. The van der Waals surface area contributed by atoms with E-state index in [2.05, 4.69) is 51.9 Å². The summed E-state index contributed by atoms with van der Waals surface area (Å²) < 4.78 is 0. The Labute approximate surface area is 166 Å². The van der Waals surface area contributed by atoms with Gasteiger partial charge in [0.25, 0.3) is 0 Å². The summed E-state index contributed by atoms with van der Waals surface area (Å²) in [5, 5.41) is 5.94. The third kappa shape index (κ3) is 4.52. The molecular formula is C24H25N3O. The highest BCUT2D eigenvalue weighted by Gasteiger charge is 2.22. The van der Waals surface area contributed by atoms with Gasteiger partial charge in [-0.3, -0.25) is 0 Å². The molecule has 3 aromatic rings. The van der Waals surface area contributed by atoms with Gasteiger partial charge in [-0.2, -0.15) is 0 Å². The molecule has 3 aromatic carbocycles. The number of nitrogens with one attached hydrogen (secondary N) is 2. The van der Waals surface area contributed by atoms with Crippen molar-refractivity contribution in [3.05, 3.63) is 84.9 Å². The summed E-state index contributed by atoms with van der Waals surface area (Å²) in [5.41, 5.74) is 4.36. The molecule has 1 fully saturated rings.